The van der Waals surface area contributed by atoms with Gasteiger partial charge in [0.1, 0.15) is 0 Å². The highest BCUT2D eigenvalue weighted by Gasteiger charge is 2.31. The van der Waals surface area contributed by atoms with Crippen LogP contribution in [-0.4, -0.2) is 96.1 Å². The third-order valence-electron chi connectivity index (χ3n) is 7.04. The summed E-state index contributed by atoms with van der Waals surface area (Å²) in [5.41, 5.74) is 0. The largest absolute Gasteiger partial charge is 0.333 e. The van der Waals surface area contributed by atoms with E-state index < -0.39 is 0 Å². The first-order chi connectivity index (χ1) is 13.7. The molecular weight excluding hydrogens is 354 g/mol. The summed E-state index contributed by atoms with van der Waals surface area (Å²) in [5.74, 6) is 0. The lowest BCUT2D eigenvalue weighted by Gasteiger charge is -2.36. The van der Waals surface area contributed by atoms with Gasteiger partial charge in [-0.25, -0.2) is 9.59 Å². The first-order valence-corrected chi connectivity index (χ1v) is 11.5. The monoisotopic (exact) mass is 391 g/mol. The van der Waals surface area contributed by atoms with Crippen LogP contribution in [0.1, 0.15) is 57.8 Å². The second kappa shape index (κ2) is 9.33. The van der Waals surface area contributed by atoms with Crippen LogP contribution in [-0.2, 0) is 0 Å². The lowest BCUT2D eigenvalue weighted by molar-refractivity contribution is 0.139. The minimum atomic E-state index is 0.0718. The summed E-state index contributed by atoms with van der Waals surface area (Å²) in [7, 11) is 0. The summed E-state index contributed by atoms with van der Waals surface area (Å²) in [4.78, 5) is 34.1. The van der Waals surface area contributed by atoms with Crippen molar-refractivity contribution in [3.63, 3.8) is 0 Å². The highest BCUT2D eigenvalue weighted by Crippen LogP contribution is 2.22. The van der Waals surface area contributed by atoms with E-state index in [9.17, 15) is 9.59 Å². The topological polar surface area (TPSA) is 59.1 Å². The van der Waals surface area contributed by atoms with Crippen LogP contribution in [0.15, 0.2) is 0 Å². The second-order valence-corrected chi connectivity index (χ2v) is 9.03. The van der Waals surface area contributed by atoms with E-state index in [4.69, 9.17) is 0 Å². The van der Waals surface area contributed by atoms with E-state index in [1.54, 1.807) is 0 Å². The van der Waals surface area contributed by atoms with Crippen LogP contribution >= 0.6 is 0 Å². The van der Waals surface area contributed by atoms with Crippen molar-refractivity contribution in [3.8, 4) is 0 Å². The first-order valence-electron chi connectivity index (χ1n) is 11.5. The molecule has 4 amide bonds. The zero-order valence-electron chi connectivity index (χ0n) is 17.3. The molecule has 0 aromatic carbocycles. The zero-order chi connectivity index (χ0) is 19.3. The SMILES string of the molecule is O=C(NC1CCCN(C(=O)N2CCCC2)C1)N1CCCC(N2CCCC2)CC1. The molecule has 4 aliphatic rings. The summed E-state index contributed by atoms with van der Waals surface area (Å²) in [6.07, 6.45) is 10.2. The van der Waals surface area contributed by atoms with Crippen molar-refractivity contribution in [1.29, 1.82) is 0 Å². The molecule has 0 aliphatic carbocycles. The second-order valence-electron chi connectivity index (χ2n) is 9.03. The Morgan fingerprint density at radius 2 is 1.29 bits per heavy atom. The number of piperidine rings is 1. The minimum absolute atomic E-state index is 0.0718. The average Bonchev–Trinajstić information content (AvgIpc) is 3.38. The Labute approximate surface area is 169 Å². The molecule has 158 valence electrons. The zero-order valence-corrected chi connectivity index (χ0v) is 17.3. The molecular formula is C21H37N5O2. The third-order valence-corrected chi connectivity index (χ3v) is 7.04. The number of rotatable bonds is 2. The van der Waals surface area contributed by atoms with E-state index in [1.165, 1.54) is 32.4 Å². The van der Waals surface area contributed by atoms with Crippen LogP contribution in [0, 0.1) is 0 Å². The van der Waals surface area contributed by atoms with Crippen molar-refractivity contribution in [2.24, 2.45) is 0 Å². The Hall–Kier alpha value is -1.50. The van der Waals surface area contributed by atoms with E-state index >= 15 is 0 Å². The van der Waals surface area contributed by atoms with Gasteiger partial charge >= 0.3 is 12.1 Å². The van der Waals surface area contributed by atoms with Gasteiger partial charge in [-0.05, 0) is 70.9 Å². The van der Waals surface area contributed by atoms with Crippen molar-refractivity contribution >= 4 is 12.1 Å². The molecule has 4 saturated heterocycles. The summed E-state index contributed by atoms with van der Waals surface area (Å²) in [5, 5.41) is 3.24. The van der Waals surface area contributed by atoms with Crippen molar-refractivity contribution < 1.29 is 9.59 Å². The maximum Gasteiger partial charge on any atom is 0.320 e. The Bertz CT molecular complexity index is 545. The standard InChI is InChI=1S/C21H37N5O2/c27-20(24-14-6-8-19(9-16-24)23-10-1-2-11-23)22-18-7-5-15-26(17-18)21(28)25-12-3-4-13-25/h18-19H,1-17H2,(H,22,27). The molecule has 0 spiro atoms. The number of nitrogens with zero attached hydrogens (tertiary/aromatic N) is 4. The van der Waals surface area contributed by atoms with Gasteiger partial charge in [-0.1, -0.05) is 0 Å². The molecule has 4 heterocycles. The fourth-order valence-corrected chi connectivity index (χ4v) is 5.40. The van der Waals surface area contributed by atoms with Crippen LogP contribution in [0.4, 0.5) is 9.59 Å². The average molecular weight is 392 g/mol. The summed E-state index contributed by atoms with van der Waals surface area (Å²) in [6, 6.07) is 0.983. The van der Waals surface area contributed by atoms with Crippen LogP contribution in [0.2, 0.25) is 0 Å². The normalized spacial score (nSPS) is 29.8. The number of carbonyl (C=O) groups excluding carboxylic acids is 2. The molecule has 1 N–H and O–H groups in total. The first kappa shape index (κ1) is 19.8. The maximum atomic E-state index is 12.9. The maximum absolute atomic E-state index is 12.9. The third kappa shape index (κ3) is 4.73. The molecule has 2 atom stereocenters. The van der Waals surface area contributed by atoms with Gasteiger partial charge in [-0.3, -0.25) is 0 Å². The molecule has 0 aromatic rings. The van der Waals surface area contributed by atoms with Gasteiger partial charge in [-0.2, -0.15) is 0 Å². The van der Waals surface area contributed by atoms with E-state index in [-0.39, 0.29) is 18.1 Å². The minimum Gasteiger partial charge on any atom is -0.333 e. The Morgan fingerprint density at radius 3 is 2.07 bits per heavy atom. The molecule has 0 aromatic heterocycles. The van der Waals surface area contributed by atoms with Crippen molar-refractivity contribution in [1.82, 2.24) is 24.9 Å². The molecule has 0 bridgehead atoms. The van der Waals surface area contributed by atoms with E-state index in [0.717, 1.165) is 71.2 Å². The van der Waals surface area contributed by atoms with E-state index in [0.29, 0.717) is 12.6 Å². The molecule has 2 unspecified atom stereocenters. The molecule has 4 rings (SSSR count). The number of hydrogen-bond donors (Lipinski definition) is 1. The lowest BCUT2D eigenvalue weighted by atomic mass is 10.1. The van der Waals surface area contributed by atoms with Crippen LogP contribution < -0.4 is 5.32 Å². The fraction of sp³-hybridized carbons (Fsp3) is 0.905. The number of carbonyl (C=O) groups is 2. The highest BCUT2D eigenvalue weighted by molar-refractivity contribution is 5.76. The predicted octanol–water partition coefficient (Wildman–Crippen LogP) is 2.33. The molecule has 4 aliphatic heterocycles. The van der Waals surface area contributed by atoms with Crippen molar-refractivity contribution in [2.75, 3.05) is 52.4 Å². The van der Waals surface area contributed by atoms with Crippen molar-refractivity contribution in [3.05, 3.63) is 0 Å². The number of likely N-dealkylation sites (tertiary alicyclic amines) is 4. The van der Waals surface area contributed by atoms with Crippen LogP contribution in [0.25, 0.3) is 0 Å². The highest BCUT2D eigenvalue weighted by atomic mass is 16.2. The number of hydrogen-bond acceptors (Lipinski definition) is 3. The Kier molecular flexibility index (Phi) is 6.60. The van der Waals surface area contributed by atoms with Gasteiger partial charge < -0.3 is 24.9 Å². The summed E-state index contributed by atoms with van der Waals surface area (Å²) < 4.78 is 0. The predicted molar refractivity (Wildman–Crippen MR) is 109 cm³/mol. The lowest BCUT2D eigenvalue weighted by Crippen LogP contribution is -2.54. The van der Waals surface area contributed by atoms with Gasteiger partial charge in [0.15, 0.2) is 0 Å². The van der Waals surface area contributed by atoms with Gasteiger partial charge in [0.25, 0.3) is 0 Å². The van der Waals surface area contributed by atoms with Crippen LogP contribution in [0.3, 0.4) is 0 Å². The van der Waals surface area contributed by atoms with Crippen molar-refractivity contribution in [2.45, 2.75) is 69.9 Å². The van der Waals surface area contributed by atoms with E-state index in [1.807, 2.05) is 14.7 Å². The number of nitrogens with one attached hydrogen (secondary N) is 1. The smallest absolute Gasteiger partial charge is 0.320 e. The van der Waals surface area contributed by atoms with Gasteiger partial charge in [0, 0.05) is 51.4 Å². The molecule has 28 heavy (non-hydrogen) atoms. The Balaban J connectivity index is 1.25. The molecule has 7 nitrogen and oxygen atoms in total. The van der Waals surface area contributed by atoms with E-state index in [2.05, 4.69) is 10.2 Å². The molecule has 0 saturated carbocycles. The number of urea groups is 2. The number of amides is 4. The quantitative estimate of drug-likeness (QED) is 0.786. The van der Waals surface area contributed by atoms with Gasteiger partial charge in [-0.15, -0.1) is 0 Å². The molecule has 7 heteroatoms. The molecule has 4 fully saturated rings. The Morgan fingerprint density at radius 1 is 0.643 bits per heavy atom. The van der Waals surface area contributed by atoms with Gasteiger partial charge in [0.2, 0.25) is 0 Å². The van der Waals surface area contributed by atoms with Gasteiger partial charge in [0.05, 0.1) is 0 Å². The molecule has 0 radical (unpaired) electrons. The fourth-order valence-electron chi connectivity index (χ4n) is 5.40. The summed E-state index contributed by atoms with van der Waals surface area (Å²) >= 11 is 0. The summed E-state index contributed by atoms with van der Waals surface area (Å²) in [6.45, 7) is 7.44. The van der Waals surface area contributed by atoms with Crippen LogP contribution in [0.5, 0.6) is 0 Å².